The van der Waals surface area contributed by atoms with Gasteiger partial charge in [0.2, 0.25) is 5.91 Å². The van der Waals surface area contributed by atoms with Crippen LogP contribution in [0.3, 0.4) is 0 Å². The predicted octanol–water partition coefficient (Wildman–Crippen LogP) is 4.91. The lowest BCUT2D eigenvalue weighted by atomic mass is 10.2. The Labute approximate surface area is 180 Å². The van der Waals surface area contributed by atoms with Gasteiger partial charge in [0.1, 0.15) is 5.82 Å². The van der Waals surface area contributed by atoms with Gasteiger partial charge < -0.3 is 5.32 Å². The summed E-state index contributed by atoms with van der Waals surface area (Å²) in [6.07, 6.45) is 0. The van der Waals surface area contributed by atoms with Gasteiger partial charge in [-0.1, -0.05) is 53.7 Å². The lowest BCUT2D eigenvalue weighted by Crippen LogP contribution is -2.23. The Morgan fingerprint density at radius 3 is 2.57 bits per heavy atom. The molecule has 30 heavy (non-hydrogen) atoms. The number of halogens is 2. The Bertz CT molecular complexity index is 1290. The van der Waals surface area contributed by atoms with Crippen molar-refractivity contribution in [2.24, 2.45) is 0 Å². The molecule has 4 aromatic rings. The van der Waals surface area contributed by atoms with Crippen LogP contribution in [-0.2, 0) is 4.79 Å². The van der Waals surface area contributed by atoms with Gasteiger partial charge >= 0.3 is 0 Å². The van der Waals surface area contributed by atoms with Crippen molar-refractivity contribution in [2.45, 2.75) is 5.16 Å². The molecule has 1 aromatic heterocycles. The summed E-state index contributed by atoms with van der Waals surface area (Å²) < 4.78 is 15.0. The van der Waals surface area contributed by atoms with Gasteiger partial charge in [-0.15, -0.1) is 0 Å². The van der Waals surface area contributed by atoms with Crippen LogP contribution in [0.25, 0.3) is 16.6 Å². The molecule has 0 spiro atoms. The first-order valence-electron chi connectivity index (χ1n) is 8.98. The van der Waals surface area contributed by atoms with Crippen molar-refractivity contribution in [1.29, 1.82) is 0 Å². The third-order valence-corrected chi connectivity index (χ3v) is 5.52. The molecule has 0 saturated heterocycles. The molecule has 1 heterocycles. The molecule has 1 N–H and O–H groups in total. The van der Waals surface area contributed by atoms with Crippen molar-refractivity contribution >= 4 is 45.9 Å². The van der Waals surface area contributed by atoms with E-state index in [2.05, 4.69) is 10.3 Å². The topological polar surface area (TPSA) is 64.0 Å². The Morgan fingerprint density at radius 1 is 1.07 bits per heavy atom. The third-order valence-electron chi connectivity index (χ3n) is 4.30. The molecule has 150 valence electrons. The molecule has 0 atom stereocenters. The molecule has 0 fully saturated rings. The molecule has 5 nitrogen and oxygen atoms in total. The number of carbonyl (C=O) groups excluding carboxylic acids is 1. The highest BCUT2D eigenvalue weighted by Crippen LogP contribution is 2.24. The zero-order chi connectivity index (χ0) is 21.1. The van der Waals surface area contributed by atoms with Crippen LogP contribution >= 0.6 is 23.4 Å². The molecular formula is C22H15ClFN3O2S. The molecule has 0 unspecified atom stereocenters. The monoisotopic (exact) mass is 439 g/mol. The van der Waals surface area contributed by atoms with Crippen LogP contribution in [0.4, 0.5) is 10.1 Å². The molecule has 0 bridgehead atoms. The van der Waals surface area contributed by atoms with Crippen molar-refractivity contribution in [3.8, 4) is 5.69 Å². The van der Waals surface area contributed by atoms with Gasteiger partial charge in [-0.3, -0.25) is 14.2 Å². The molecule has 0 aliphatic heterocycles. The minimum absolute atomic E-state index is 0.0363. The number of carbonyl (C=O) groups is 1. The molecule has 4 rings (SSSR count). The summed E-state index contributed by atoms with van der Waals surface area (Å²) in [6, 6.07) is 20.0. The number of benzene rings is 3. The van der Waals surface area contributed by atoms with Crippen LogP contribution in [-0.4, -0.2) is 21.2 Å². The van der Waals surface area contributed by atoms with Gasteiger partial charge in [0.05, 0.1) is 27.4 Å². The summed E-state index contributed by atoms with van der Waals surface area (Å²) in [7, 11) is 0. The first-order chi connectivity index (χ1) is 14.5. The van der Waals surface area contributed by atoms with Crippen LogP contribution in [0, 0.1) is 5.82 Å². The highest BCUT2D eigenvalue weighted by molar-refractivity contribution is 7.99. The average Bonchev–Trinajstić information content (AvgIpc) is 2.75. The number of fused-ring (bicyclic) bond motifs is 1. The van der Waals surface area contributed by atoms with Crippen molar-refractivity contribution in [1.82, 2.24) is 9.55 Å². The van der Waals surface area contributed by atoms with Crippen molar-refractivity contribution in [2.75, 3.05) is 11.1 Å². The Balaban J connectivity index is 1.71. The second-order valence-electron chi connectivity index (χ2n) is 6.35. The zero-order valence-corrected chi connectivity index (χ0v) is 17.1. The van der Waals surface area contributed by atoms with E-state index in [1.54, 1.807) is 36.4 Å². The molecule has 0 saturated carbocycles. The first kappa shape index (κ1) is 20.1. The highest BCUT2D eigenvalue weighted by Gasteiger charge is 2.16. The van der Waals surface area contributed by atoms with Crippen molar-refractivity contribution in [3.63, 3.8) is 0 Å². The summed E-state index contributed by atoms with van der Waals surface area (Å²) in [4.78, 5) is 30.1. The van der Waals surface area contributed by atoms with Gasteiger partial charge in [0, 0.05) is 5.69 Å². The van der Waals surface area contributed by atoms with Crippen LogP contribution in [0.5, 0.6) is 0 Å². The van der Waals surface area contributed by atoms with Crippen LogP contribution < -0.4 is 10.9 Å². The van der Waals surface area contributed by atoms with Crippen LogP contribution in [0.2, 0.25) is 5.02 Å². The standard InChI is InChI=1S/C22H15ClFN3O2S/c23-17-12-15(10-11-18(17)24)27-21(29)16-8-4-5-9-19(16)26-22(27)30-13-20(28)25-14-6-2-1-3-7-14/h1-12H,13H2,(H,25,28). The van der Waals surface area contributed by atoms with Crippen LogP contribution in [0.1, 0.15) is 0 Å². The van der Waals surface area contributed by atoms with E-state index in [-0.39, 0.29) is 22.2 Å². The average molecular weight is 440 g/mol. The first-order valence-corrected chi connectivity index (χ1v) is 10.3. The maximum Gasteiger partial charge on any atom is 0.266 e. The number of hydrogen-bond acceptors (Lipinski definition) is 4. The lowest BCUT2D eigenvalue weighted by Gasteiger charge is -2.13. The van der Waals surface area contributed by atoms with E-state index in [1.807, 2.05) is 18.2 Å². The van der Waals surface area contributed by atoms with Gasteiger partial charge in [0.25, 0.3) is 5.56 Å². The highest BCUT2D eigenvalue weighted by atomic mass is 35.5. The number of aromatic nitrogens is 2. The van der Waals surface area contributed by atoms with E-state index in [4.69, 9.17) is 11.6 Å². The zero-order valence-electron chi connectivity index (χ0n) is 15.5. The largest absolute Gasteiger partial charge is 0.325 e. The summed E-state index contributed by atoms with van der Waals surface area (Å²) >= 11 is 7.03. The van der Waals surface area contributed by atoms with Gasteiger partial charge in [-0.2, -0.15) is 0 Å². The minimum atomic E-state index is -0.585. The fourth-order valence-electron chi connectivity index (χ4n) is 2.91. The molecule has 0 radical (unpaired) electrons. The van der Waals surface area contributed by atoms with Gasteiger partial charge in [0.15, 0.2) is 5.16 Å². The maximum absolute atomic E-state index is 13.6. The van der Waals surface area contributed by atoms with Gasteiger partial charge in [-0.25, -0.2) is 9.37 Å². The van der Waals surface area contributed by atoms with Crippen molar-refractivity contribution < 1.29 is 9.18 Å². The summed E-state index contributed by atoms with van der Waals surface area (Å²) in [6.45, 7) is 0. The fraction of sp³-hybridized carbons (Fsp3) is 0.0455. The lowest BCUT2D eigenvalue weighted by molar-refractivity contribution is -0.113. The summed E-state index contributed by atoms with van der Waals surface area (Å²) in [5.41, 5.74) is 1.24. The van der Waals surface area contributed by atoms with E-state index in [0.717, 1.165) is 11.8 Å². The maximum atomic E-state index is 13.6. The predicted molar refractivity (Wildman–Crippen MR) is 118 cm³/mol. The second kappa shape index (κ2) is 8.69. The van der Waals surface area contributed by atoms with Gasteiger partial charge in [-0.05, 0) is 42.5 Å². The third kappa shape index (κ3) is 4.22. The fourth-order valence-corrected chi connectivity index (χ4v) is 3.90. The number of thioether (sulfide) groups is 1. The Kier molecular flexibility index (Phi) is 5.83. The number of nitrogens with one attached hydrogen (secondary N) is 1. The number of anilines is 1. The minimum Gasteiger partial charge on any atom is -0.325 e. The summed E-state index contributed by atoms with van der Waals surface area (Å²) in [5, 5.41) is 3.41. The van der Waals surface area contributed by atoms with E-state index < -0.39 is 5.82 Å². The molecular weight excluding hydrogens is 425 g/mol. The molecule has 3 aromatic carbocycles. The van der Waals surface area contributed by atoms with Crippen molar-refractivity contribution in [3.05, 3.63) is 94.0 Å². The number of rotatable bonds is 5. The number of amides is 1. The summed E-state index contributed by atoms with van der Waals surface area (Å²) in [5.74, 6) is -0.787. The van der Waals surface area contributed by atoms with E-state index in [0.29, 0.717) is 27.4 Å². The Morgan fingerprint density at radius 2 is 1.80 bits per heavy atom. The van der Waals surface area contributed by atoms with E-state index >= 15 is 0 Å². The smallest absolute Gasteiger partial charge is 0.266 e. The SMILES string of the molecule is O=C(CSc1nc2ccccc2c(=O)n1-c1ccc(F)c(Cl)c1)Nc1ccccc1. The molecule has 8 heteroatoms. The number of nitrogens with zero attached hydrogens (tertiary/aromatic N) is 2. The van der Waals surface area contributed by atoms with E-state index in [9.17, 15) is 14.0 Å². The van der Waals surface area contributed by atoms with E-state index in [1.165, 1.54) is 22.8 Å². The number of hydrogen-bond donors (Lipinski definition) is 1. The normalized spacial score (nSPS) is 10.9. The number of para-hydroxylation sites is 2. The molecule has 1 amide bonds. The Hall–Kier alpha value is -3.16. The molecule has 0 aliphatic rings. The second-order valence-corrected chi connectivity index (χ2v) is 7.70. The quantitative estimate of drug-likeness (QED) is 0.354. The van der Waals surface area contributed by atoms with Crippen LogP contribution in [0.15, 0.2) is 82.7 Å². The molecule has 0 aliphatic carbocycles.